The van der Waals surface area contributed by atoms with Gasteiger partial charge >= 0.3 is 11.9 Å². The molecule has 0 aliphatic heterocycles. The van der Waals surface area contributed by atoms with Crippen LogP contribution in [0.1, 0.15) is 32.0 Å². The average molecular weight is 366 g/mol. The van der Waals surface area contributed by atoms with Crippen molar-refractivity contribution in [3.05, 3.63) is 88.1 Å². The van der Waals surface area contributed by atoms with Gasteiger partial charge in [0.05, 0.1) is 12.2 Å². The molecule has 2 aromatic carbocycles. The normalized spacial score (nSPS) is 10.3. The zero-order chi connectivity index (χ0) is 18.2. The summed E-state index contributed by atoms with van der Waals surface area (Å²) in [5.41, 5.74) is 1.58. The standard InChI is InChI=1S/C21H18O4S/c22-20(24-13-5-9-16-7-2-1-3-8-16)17-10-4-11-18(15-17)25-21(23)19-12-6-14-26-19/h1-4,6-8,10-12,14-15H,5,9,13H2. The molecule has 0 saturated heterocycles. The van der Waals surface area contributed by atoms with Gasteiger partial charge in [0.25, 0.3) is 0 Å². The Bertz CT molecular complexity index is 857. The van der Waals surface area contributed by atoms with Crippen LogP contribution in [0.2, 0.25) is 0 Å². The molecule has 5 heteroatoms. The van der Waals surface area contributed by atoms with E-state index in [4.69, 9.17) is 9.47 Å². The molecule has 1 aromatic heterocycles. The largest absolute Gasteiger partial charge is 0.462 e. The van der Waals surface area contributed by atoms with Crippen molar-refractivity contribution in [2.75, 3.05) is 6.61 Å². The number of aryl methyl sites for hydroxylation is 1. The third kappa shape index (κ3) is 5.04. The molecule has 0 unspecified atom stereocenters. The monoisotopic (exact) mass is 366 g/mol. The molecule has 0 atom stereocenters. The molecule has 0 bridgehead atoms. The van der Waals surface area contributed by atoms with Crippen LogP contribution in [0, 0.1) is 0 Å². The van der Waals surface area contributed by atoms with E-state index in [1.165, 1.54) is 23.0 Å². The average Bonchev–Trinajstić information content (AvgIpc) is 3.21. The van der Waals surface area contributed by atoms with E-state index in [9.17, 15) is 9.59 Å². The second-order valence-corrected chi connectivity index (χ2v) is 6.57. The molecule has 0 N–H and O–H groups in total. The molecule has 0 spiro atoms. The zero-order valence-corrected chi connectivity index (χ0v) is 14.9. The summed E-state index contributed by atoms with van der Waals surface area (Å²) in [5, 5.41) is 1.81. The Kier molecular flexibility index (Phi) is 6.17. The summed E-state index contributed by atoms with van der Waals surface area (Å²) in [6.07, 6.45) is 1.61. The third-order valence-corrected chi connectivity index (χ3v) is 4.54. The topological polar surface area (TPSA) is 52.6 Å². The molecule has 0 fully saturated rings. The number of carbonyl (C=O) groups excluding carboxylic acids is 2. The van der Waals surface area contributed by atoms with Crippen LogP contribution in [0.25, 0.3) is 0 Å². The Morgan fingerprint density at radius 1 is 0.885 bits per heavy atom. The van der Waals surface area contributed by atoms with Crippen molar-refractivity contribution in [3.63, 3.8) is 0 Å². The lowest BCUT2D eigenvalue weighted by atomic mass is 10.1. The van der Waals surface area contributed by atoms with E-state index in [2.05, 4.69) is 0 Å². The van der Waals surface area contributed by atoms with E-state index < -0.39 is 11.9 Å². The van der Waals surface area contributed by atoms with Gasteiger partial charge in [-0.25, -0.2) is 9.59 Å². The highest BCUT2D eigenvalue weighted by molar-refractivity contribution is 7.12. The minimum atomic E-state index is -0.437. The van der Waals surface area contributed by atoms with E-state index in [0.29, 0.717) is 22.8 Å². The first kappa shape index (κ1) is 17.9. The Morgan fingerprint density at radius 2 is 1.73 bits per heavy atom. The molecule has 0 saturated carbocycles. The maximum absolute atomic E-state index is 12.2. The third-order valence-electron chi connectivity index (χ3n) is 3.69. The van der Waals surface area contributed by atoms with Gasteiger partial charge in [-0.05, 0) is 48.1 Å². The number of thiophene rings is 1. The number of rotatable bonds is 7. The molecular weight excluding hydrogens is 348 g/mol. The number of ether oxygens (including phenoxy) is 2. The van der Waals surface area contributed by atoms with E-state index in [1.54, 1.807) is 35.7 Å². The van der Waals surface area contributed by atoms with E-state index in [1.807, 2.05) is 30.3 Å². The maximum atomic E-state index is 12.2. The van der Waals surface area contributed by atoms with Crippen molar-refractivity contribution in [2.24, 2.45) is 0 Å². The van der Waals surface area contributed by atoms with Gasteiger partial charge in [-0.3, -0.25) is 0 Å². The van der Waals surface area contributed by atoms with Gasteiger partial charge in [-0.1, -0.05) is 42.5 Å². The van der Waals surface area contributed by atoms with Crippen LogP contribution in [0.3, 0.4) is 0 Å². The summed E-state index contributed by atoms with van der Waals surface area (Å²) < 4.78 is 10.6. The lowest BCUT2D eigenvalue weighted by Crippen LogP contribution is -2.09. The summed E-state index contributed by atoms with van der Waals surface area (Å²) >= 11 is 1.31. The van der Waals surface area contributed by atoms with Gasteiger partial charge in [-0.15, -0.1) is 11.3 Å². The molecule has 26 heavy (non-hydrogen) atoms. The van der Waals surface area contributed by atoms with Gasteiger partial charge in [0, 0.05) is 0 Å². The number of benzene rings is 2. The van der Waals surface area contributed by atoms with Crippen LogP contribution >= 0.6 is 11.3 Å². The summed E-state index contributed by atoms with van der Waals surface area (Å²) in [7, 11) is 0. The van der Waals surface area contributed by atoms with Crippen LogP contribution in [0.15, 0.2) is 72.1 Å². The predicted octanol–water partition coefficient (Wildman–Crippen LogP) is 4.76. The SMILES string of the molecule is O=C(OCCCc1ccccc1)c1cccc(OC(=O)c2cccs2)c1. The first-order chi connectivity index (χ1) is 12.7. The highest BCUT2D eigenvalue weighted by Gasteiger charge is 2.12. The van der Waals surface area contributed by atoms with E-state index in [-0.39, 0.29) is 0 Å². The van der Waals surface area contributed by atoms with Crippen LogP contribution in [0.4, 0.5) is 0 Å². The van der Waals surface area contributed by atoms with Gasteiger partial charge in [0.2, 0.25) is 0 Å². The molecule has 0 aliphatic rings. The van der Waals surface area contributed by atoms with Crippen LogP contribution in [0.5, 0.6) is 5.75 Å². The first-order valence-electron chi connectivity index (χ1n) is 8.29. The fourth-order valence-corrected chi connectivity index (χ4v) is 3.01. The fourth-order valence-electron chi connectivity index (χ4n) is 2.41. The molecule has 3 rings (SSSR count). The van der Waals surface area contributed by atoms with Crippen LogP contribution in [-0.2, 0) is 11.2 Å². The van der Waals surface area contributed by atoms with Crippen molar-refractivity contribution >= 4 is 23.3 Å². The lowest BCUT2D eigenvalue weighted by Gasteiger charge is -2.07. The van der Waals surface area contributed by atoms with Gasteiger partial charge in [0.1, 0.15) is 10.6 Å². The van der Waals surface area contributed by atoms with Crippen LogP contribution in [-0.4, -0.2) is 18.5 Å². The van der Waals surface area contributed by atoms with Crippen molar-refractivity contribution in [2.45, 2.75) is 12.8 Å². The van der Waals surface area contributed by atoms with Crippen molar-refractivity contribution < 1.29 is 19.1 Å². The van der Waals surface area contributed by atoms with Gasteiger partial charge in [0.15, 0.2) is 0 Å². The van der Waals surface area contributed by atoms with Crippen LogP contribution < -0.4 is 4.74 Å². The summed E-state index contributed by atoms with van der Waals surface area (Å²) in [5.74, 6) is -0.539. The molecule has 4 nitrogen and oxygen atoms in total. The molecule has 3 aromatic rings. The van der Waals surface area contributed by atoms with Crippen molar-refractivity contribution in [1.82, 2.24) is 0 Å². The second kappa shape index (κ2) is 8.97. The number of hydrogen-bond acceptors (Lipinski definition) is 5. The molecule has 1 heterocycles. The Morgan fingerprint density at radius 3 is 2.50 bits per heavy atom. The second-order valence-electron chi connectivity index (χ2n) is 5.62. The van der Waals surface area contributed by atoms with E-state index >= 15 is 0 Å². The molecule has 0 aliphatic carbocycles. The lowest BCUT2D eigenvalue weighted by molar-refractivity contribution is 0.0498. The number of esters is 2. The fraction of sp³-hybridized carbons (Fsp3) is 0.143. The highest BCUT2D eigenvalue weighted by atomic mass is 32.1. The zero-order valence-electron chi connectivity index (χ0n) is 14.1. The molecular formula is C21H18O4S. The smallest absolute Gasteiger partial charge is 0.353 e. The number of carbonyl (C=O) groups is 2. The Labute approximate surface area is 156 Å². The van der Waals surface area contributed by atoms with Crippen molar-refractivity contribution in [1.29, 1.82) is 0 Å². The van der Waals surface area contributed by atoms with E-state index in [0.717, 1.165) is 12.8 Å². The Balaban J connectivity index is 1.50. The van der Waals surface area contributed by atoms with Gasteiger partial charge in [-0.2, -0.15) is 0 Å². The van der Waals surface area contributed by atoms with Crippen molar-refractivity contribution in [3.8, 4) is 5.75 Å². The minimum Gasteiger partial charge on any atom is -0.462 e. The maximum Gasteiger partial charge on any atom is 0.353 e. The molecule has 132 valence electrons. The summed E-state index contributed by atoms with van der Waals surface area (Å²) in [6.45, 7) is 0.340. The van der Waals surface area contributed by atoms with Gasteiger partial charge < -0.3 is 9.47 Å². The highest BCUT2D eigenvalue weighted by Crippen LogP contribution is 2.18. The predicted molar refractivity (Wildman–Crippen MR) is 101 cm³/mol. The molecule has 0 radical (unpaired) electrons. The number of hydrogen-bond donors (Lipinski definition) is 0. The quantitative estimate of drug-likeness (QED) is 0.344. The minimum absolute atomic E-state index is 0.321. The Hall–Kier alpha value is -2.92. The summed E-state index contributed by atoms with van der Waals surface area (Å²) in [4.78, 5) is 24.6. The molecule has 0 amide bonds. The first-order valence-corrected chi connectivity index (χ1v) is 9.17. The summed E-state index contributed by atoms with van der Waals surface area (Å²) in [6, 6.07) is 20.0.